The van der Waals surface area contributed by atoms with Crippen LogP contribution in [0.2, 0.25) is 0 Å². The summed E-state index contributed by atoms with van der Waals surface area (Å²) in [6.45, 7) is 8.60. The summed E-state index contributed by atoms with van der Waals surface area (Å²) >= 11 is 0. The van der Waals surface area contributed by atoms with Crippen molar-refractivity contribution in [3.8, 4) is 0 Å². The summed E-state index contributed by atoms with van der Waals surface area (Å²) in [7, 11) is 2.03. The van der Waals surface area contributed by atoms with Gasteiger partial charge in [0.2, 0.25) is 11.8 Å². The predicted molar refractivity (Wildman–Crippen MR) is 107 cm³/mol. The van der Waals surface area contributed by atoms with Crippen LogP contribution in [0.5, 0.6) is 0 Å². The zero-order valence-corrected chi connectivity index (χ0v) is 16.8. The molecule has 0 atom stereocenters. The van der Waals surface area contributed by atoms with Gasteiger partial charge < -0.3 is 14.4 Å². The van der Waals surface area contributed by atoms with Crippen molar-refractivity contribution in [2.75, 3.05) is 26.2 Å². The van der Waals surface area contributed by atoms with Crippen LogP contribution in [0.15, 0.2) is 30.3 Å². The Balaban J connectivity index is 1.52. The second kappa shape index (κ2) is 7.99. The van der Waals surface area contributed by atoms with E-state index in [2.05, 4.69) is 30.5 Å². The second-order valence-electron chi connectivity index (χ2n) is 7.56. The van der Waals surface area contributed by atoms with Crippen LogP contribution in [0, 0.1) is 20.8 Å². The SMILES string of the molecule is Cc1cccc(CC(=O)N2CCN(C(=O)Cc3cc(C)n(C)c3C)CC2)c1. The van der Waals surface area contributed by atoms with Gasteiger partial charge in [-0.2, -0.15) is 0 Å². The molecular formula is C22H29N3O2. The minimum atomic E-state index is 0.141. The van der Waals surface area contributed by atoms with E-state index in [-0.39, 0.29) is 11.8 Å². The van der Waals surface area contributed by atoms with Gasteiger partial charge in [0.25, 0.3) is 0 Å². The number of piperazine rings is 1. The Kier molecular flexibility index (Phi) is 5.68. The fraction of sp³-hybridized carbons (Fsp3) is 0.455. The van der Waals surface area contributed by atoms with Gasteiger partial charge in [-0.15, -0.1) is 0 Å². The fourth-order valence-corrected chi connectivity index (χ4v) is 3.70. The maximum atomic E-state index is 12.7. The molecule has 0 unspecified atom stereocenters. The molecule has 0 N–H and O–H groups in total. The van der Waals surface area contributed by atoms with E-state index in [1.807, 2.05) is 42.0 Å². The Morgan fingerprint density at radius 2 is 1.48 bits per heavy atom. The molecule has 2 aromatic rings. The second-order valence-corrected chi connectivity index (χ2v) is 7.56. The van der Waals surface area contributed by atoms with E-state index in [1.165, 1.54) is 11.3 Å². The first-order valence-electron chi connectivity index (χ1n) is 9.58. The van der Waals surface area contributed by atoms with Gasteiger partial charge in [0.15, 0.2) is 0 Å². The summed E-state index contributed by atoms with van der Waals surface area (Å²) in [5.74, 6) is 0.289. The number of benzene rings is 1. The number of nitrogens with zero attached hydrogens (tertiary/aromatic N) is 3. The maximum absolute atomic E-state index is 12.7. The average molecular weight is 367 g/mol. The van der Waals surface area contributed by atoms with Gasteiger partial charge in [-0.3, -0.25) is 9.59 Å². The summed E-state index contributed by atoms with van der Waals surface area (Å²) < 4.78 is 2.12. The van der Waals surface area contributed by atoms with Crippen LogP contribution in [-0.4, -0.2) is 52.4 Å². The first-order chi connectivity index (χ1) is 12.8. The number of hydrogen-bond donors (Lipinski definition) is 0. The van der Waals surface area contributed by atoms with Crippen LogP contribution in [0.3, 0.4) is 0 Å². The van der Waals surface area contributed by atoms with Crippen molar-refractivity contribution in [1.82, 2.24) is 14.4 Å². The summed E-state index contributed by atoms with van der Waals surface area (Å²) in [6, 6.07) is 10.2. The van der Waals surface area contributed by atoms with Gasteiger partial charge in [0, 0.05) is 44.6 Å². The molecule has 1 aromatic carbocycles. The zero-order valence-electron chi connectivity index (χ0n) is 16.8. The van der Waals surface area contributed by atoms with Gasteiger partial charge in [0.05, 0.1) is 12.8 Å². The molecule has 0 aliphatic carbocycles. The Bertz CT molecular complexity index is 845. The average Bonchev–Trinajstić information content (AvgIpc) is 2.88. The molecule has 5 nitrogen and oxygen atoms in total. The molecule has 0 radical (unpaired) electrons. The summed E-state index contributed by atoms with van der Waals surface area (Å²) in [5, 5.41) is 0. The van der Waals surface area contributed by atoms with E-state index in [1.54, 1.807) is 0 Å². The van der Waals surface area contributed by atoms with Gasteiger partial charge in [0.1, 0.15) is 0 Å². The normalized spacial score (nSPS) is 14.5. The maximum Gasteiger partial charge on any atom is 0.227 e. The topological polar surface area (TPSA) is 45.6 Å². The lowest BCUT2D eigenvalue weighted by molar-refractivity contribution is -0.138. The molecule has 1 aliphatic heterocycles. The first kappa shape index (κ1) is 19.2. The highest BCUT2D eigenvalue weighted by molar-refractivity contribution is 5.81. The van der Waals surface area contributed by atoms with Gasteiger partial charge >= 0.3 is 0 Å². The summed E-state index contributed by atoms with van der Waals surface area (Å²) in [6.07, 6.45) is 0.864. The smallest absolute Gasteiger partial charge is 0.227 e. The van der Waals surface area contributed by atoms with Crippen LogP contribution in [0.25, 0.3) is 0 Å². The highest BCUT2D eigenvalue weighted by Crippen LogP contribution is 2.16. The third-order valence-electron chi connectivity index (χ3n) is 5.64. The van der Waals surface area contributed by atoms with Crippen LogP contribution in [-0.2, 0) is 29.5 Å². The van der Waals surface area contributed by atoms with Crippen molar-refractivity contribution < 1.29 is 9.59 Å². The minimum absolute atomic E-state index is 0.141. The summed E-state index contributed by atoms with van der Waals surface area (Å²) in [5.41, 5.74) is 5.63. The van der Waals surface area contributed by atoms with Crippen molar-refractivity contribution >= 4 is 11.8 Å². The molecule has 2 amide bonds. The van der Waals surface area contributed by atoms with Gasteiger partial charge in [-0.25, -0.2) is 0 Å². The Morgan fingerprint density at radius 1 is 0.889 bits per heavy atom. The lowest BCUT2D eigenvalue weighted by Crippen LogP contribution is -2.51. The highest BCUT2D eigenvalue weighted by Gasteiger charge is 2.24. The number of aromatic nitrogens is 1. The van der Waals surface area contributed by atoms with E-state index in [4.69, 9.17) is 0 Å². The van der Waals surface area contributed by atoms with E-state index >= 15 is 0 Å². The number of carbonyl (C=O) groups is 2. The summed E-state index contributed by atoms with van der Waals surface area (Å²) in [4.78, 5) is 29.0. The third kappa shape index (κ3) is 4.41. The van der Waals surface area contributed by atoms with Crippen LogP contribution >= 0.6 is 0 Å². The molecule has 144 valence electrons. The highest BCUT2D eigenvalue weighted by atomic mass is 16.2. The first-order valence-corrected chi connectivity index (χ1v) is 9.58. The van der Waals surface area contributed by atoms with Crippen LogP contribution in [0.1, 0.15) is 28.1 Å². The standard InChI is InChI=1S/C22H29N3O2/c1-16-6-5-7-19(12-16)14-21(26)24-8-10-25(11-9-24)22(27)15-20-13-17(2)23(4)18(20)3/h5-7,12-13H,8-11,14-15H2,1-4H3. The molecule has 2 heterocycles. The largest absolute Gasteiger partial charge is 0.352 e. The zero-order chi connectivity index (χ0) is 19.6. The van der Waals surface area contributed by atoms with Crippen molar-refractivity contribution in [3.63, 3.8) is 0 Å². The number of aryl methyl sites for hydroxylation is 2. The van der Waals surface area contributed by atoms with E-state index in [9.17, 15) is 9.59 Å². The van der Waals surface area contributed by atoms with E-state index in [0.717, 1.165) is 16.8 Å². The molecule has 1 aliphatic rings. The quantitative estimate of drug-likeness (QED) is 0.833. The monoisotopic (exact) mass is 367 g/mol. The number of amides is 2. The van der Waals surface area contributed by atoms with E-state index in [0.29, 0.717) is 39.0 Å². The molecule has 0 spiro atoms. The van der Waals surface area contributed by atoms with Crippen LogP contribution < -0.4 is 0 Å². The van der Waals surface area contributed by atoms with Gasteiger partial charge in [-0.1, -0.05) is 29.8 Å². The molecule has 0 saturated carbocycles. The number of hydrogen-bond acceptors (Lipinski definition) is 2. The molecule has 1 fully saturated rings. The molecule has 1 aromatic heterocycles. The van der Waals surface area contributed by atoms with E-state index < -0.39 is 0 Å². The van der Waals surface area contributed by atoms with Crippen molar-refractivity contribution in [1.29, 1.82) is 0 Å². The predicted octanol–water partition coefficient (Wildman–Crippen LogP) is 2.41. The number of carbonyl (C=O) groups excluding carboxylic acids is 2. The fourth-order valence-electron chi connectivity index (χ4n) is 3.70. The van der Waals surface area contributed by atoms with Crippen molar-refractivity contribution in [2.24, 2.45) is 7.05 Å². The lowest BCUT2D eigenvalue weighted by Gasteiger charge is -2.35. The molecule has 0 bridgehead atoms. The molecule has 1 saturated heterocycles. The lowest BCUT2D eigenvalue weighted by atomic mass is 10.1. The van der Waals surface area contributed by atoms with Crippen LogP contribution in [0.4, 0.5) is 0 Å². The molecule has 3 rings (SSSR count). The molecular weight excluding hydrogens is 338 g/mol. The Morgan fingerprint density at radius 3 is 2.00 bits per heavy atom. The minimum Gasteiger partial charge on any atom is -0.352 e. The van der Waals surface area contributed by atoms with Crippen molar-refractivity contribution in [3.05, 3.63) is 58.4 Å². The molecule has 5 heteroatoms. The number of rotatable bonds is 4. The molecule has 27 heavy (non-hydrogen) atoms. The van der Waals surface area contributed by atoms with Crippen molar-refractivity contribution in [2.45, 2.75) is 33.6 Å². The Labute approximate surface area is 161 Å². The third-order valence-corrected chi connectivity index (χ3v) is 5.64. The Hall–Kier alpha value is -2.56. The van der Waals surface area contributed by atoms with Gasteiger partial charge in [-0.05, 0) is 38.0 Å².